The van der Waals surface area contributed by atoms with E-state index in [0.717, 1.165) is 12.1 Å². The van der Waals surface area contributed by atoms with Crippen molar-refractivity contribution in [1.29, 1.82) is 0 Å². The number of hydrogen-bond acceptors (Lipinski definition) is 4. The second-order valence-corrected chi connectivity index (χ2v) is 3.43. The van der Waals surface area contributed by atoms with Gasteiger partial charge in [-0.05, 0) is 18.6 Å². The molecule has 3 N–H and O–H groups in total. The average Bonchev–Trinajstić information content (AvgIpc) is 2.27. The molecule has 0 radical (unpaired) electrons. The van der Waals surface area contributed by atoms with Crippen LogP contribution in [0.4, 0.5) is 5.82 Å². The number of hydrazine groups is 1. The molecule has 1 heterocycles. The molecule has 5 heteroatoms. The van der Waals surface area contributed by atoms with Gasteiger partial charge in [0.2, 0.25) is 0 Å². The predicted molar refractivity (Wildman–Crippen MR) is 59.4 cm³/mol. The number of aryl methyl sites for hydroxylation is 1. The molecule has 0 spiro atoms. The normalized spacial score (nSPS) is 9.87. The van der Waals surface area contributed by atoms with Crippen LogP contribution in [-0.4, -0.2) is 29.9 Å². The minimum Gasteiger partial charge on any atom is -0.345 e. The van der Waals surface area contributed by atoms with Gasteiger partial charge in [-0.25, -0.2) is 10.8 Å². The fourth-order valence-corrected chi connectivity index (χ4v) is 1.22. The lowest BCUT2D eigenvalue weighted by Gasteiger charge is -2.12. The summed E-state index contributed by atoms with van der Waals surface area (Å²) in [6, 6.07) is 3.42. The van der Waals surface area contributed by atoms with E-state index in [1.165, 1.54) is 4.90 Å². The first-order chi connectivity index (χ1) is 7.08. The Hall–Kier alpha value is -1.62. The van der Waals surface area contributed by atoms with Gasteiger partial charge in [0, 0.05) is 25.4 Å². The third-order valence-corrected chi connectivity index (χ3v) is 2.04. The molecule has 0 fully saturated rings. The lowest BCUT2D eigenvalue weighted by atomic mass is 10.2. The third kappa shape index (κ3) is 2.66. The van der Waals surface area contributed by atoms with Gasteiger partial charge in [-0.2, -0.15) is 0 Å². The molecule has 0 unspecified atom stereocenters. The van der Waals surface area contributed by atoms with Crippen LogP contribution in [0.2, 0.25) is 0 Å². The van der Waals surface area contributed by atoms with Crippen LogP contribution in [0, 0.1) is 0 Å². The lowest BCUT2D eigenvalue weighted by Crippen LogP contribution is -2.22. The van der Waals surface area contributed by atoms with Crippen LogP contribution in [-0.2, 0) is 6.42 Å². The fourth-order valence-electron chi connectivity index (χ4n) is 1.22. The van der Waals surface area contributed by atoms with Crippen LogP contribution in [0.3, 0.4) is 0 Å². The molecule has 0 saturated carbocycles. The first-order valence-electron chi connectivity index (χ1n) is 4.77. The number of nitrogen functional groups attached to an aromatic ring is 1. The zero-order chi connectivity index (χ0) is 11.4. The molecule has 0 aromatic carbocycles. The maximum absolute atomic E-state index is 11.7. The van der Waals surface area contributed by atoms with Crippen molar-refractivity contribution in [3.8, 4) is 0 Å². The van der Waals surface area contributed by atoms with Crippen LogP contribution in [0.1, 0.15) is 23.0 Å². The van der Waals surface area contributed by atoms with Gasteiger partial charge < -0.3 is 10.3 Å². The summed E-state index contributed by atoms with van der Waals surface area (Å²) in [4.78, 5) is 17.4. The van der Waals surface area contributed by atoms with E-state index in [1.54, 1.807) is 26.2 Å². The van der Waals surface area contributed by atoms with E-state index in [0.29, 0.717) is 11.4 Å². The Bertz CT molecular complexity index is 340. The SMILES string of the molecule is CCc1cc(C(=O)N(C)C)cc(NN)n1. The van der Waals surface area contributed by atoms with Crippen LogP contribution in [0.15, 0.2) is 12.1 Å². The second kappa shape index (κ2) is 4.75. The number of carbonyl (C=O) groups excluding carboxylic acids is 1. The van der Waals surface area contributed by atoms with Gasteiger partial charge in [0.25, 0.3) is 5.91 Å². The Morgan fingerprint density at radius 1 is 1.53 bits per heavy atom. The number of anilines is 1. The Morgan fingerprint density at radius 3 is 2.67 bits per heavy atom. The first kappa shape index (κ1) is 11.5. The zero-order valence-electron chi connectivity index (χ0n) is 9.24. The van der Waals surface area contributed by atoms with Gasteiger partial charge in [0.15, 0.2) is 0 Å². The van der Waals surface area contributed by atoms with E-state index in [2.05, 4.69) is 10.4 Å². The quantitative estimate of drug-likeness (QED) is 0.564. The van der Waals surface area contributed by atoms with E-state index in [-0.39, 0.29) is 5.91 Å². The zero-order valence-corrected chi connectivity index (χ0v) is 9.24. The largest absolute Gasteiger partial charge is 0.345 e. The summed E-state index contributed by atoms with van der Waals surface area (Å²) in [6.07, 6.45) is 0.767. The van der Waals surface area contributed by atoms with Crippen molar-refractivity contribution in [2.45, 2.75) is 13.3 Å². The highest BCUT2D eigenvalue weighted by atomic mass is 16.2. The Morgan fingerprint density at radius 2 is 2.20 bits per heavy atom. The number of aromatic nitrogens is 1. The van der Waals surface area contributed by atoms with Crippen molar-refractivity contribution < 1.29 is 4.79 Å². The van der Waals surface area contributed by atoms with E-state index < -0.39 is 0 Å². The number of nitrogens with one attached hydrogen (secondary N) is 1. The Kier molecular flexibility index (Phi) is 3.62. The van der Waals surface area contributed by atoms with Gasteiger partial charge in [0.1, 0.15) is 5.82 Å². The molecular formula is C10H16N4O. The number of rotatable bonds is 3. The Labute approximate surface area is 89.3 Å². The summed E-state index contributed by atoms with van der Waals surface area (Å²) < 4.78 is 0. The highest BCUT2D eigenvalue weighted by Crippen LogP contribution is 2.11. The highest BCUT2D eigenvalue weighted by Gasteiger charge is 2.10. The van der Waals surface area contributed by atoms with Crippen LogP contribution < -0.4 is 11.3 Å². The number of amides is 1. The molecule has 1 rings (SSSR count). The van der Waals surface area contributed by atoms with Crippen molar-refractivity contribution in [2.75, 3.05) is 19.5 Å². The topological polar surface area (TPSA) is 71.2 Å². The van der Waals surface area contributed by atoms with Gasteiger partial charge in [-0.3, -0.25) is 4.79 Å². The number of hydrogen-bond donors (Lipinski definition) is 2. The summed E-state index contributed by atoms with van der Waals surface area (Å²) in [7, 11) is 3.42. The van der Waals surface area contributed by atoms with Crippen molar-refractivity contribution in [3.63, 3.8) is 0 Å². The number of pyridine rings is 1. The van der Waals surface area contributed by atoms with E-state index in [1.807, 2.05) is 6.92 Å². The molecule has 82 valence electrons. The van der Waals surface area contributed by atoms with Crippen molar-refractivity contribution in [3.05, 3.63) is 23.4 Å². The second-order valence-electron chi connectivity index (χ2n) is 3.43. The first-order valence-corrected chi connectivity index (χ1v) is 4.77. The molecule has 1 aromatic rings. The maximum Gasteiger partial charge on any atom is 0.253 e. The predicted octanol–water partition coefficient (Wildman–Crippen LogP) is 0.631. The van der Waals surface area contributed by atoms with Gasteiger partial charge in [0.05, 0.1) is 0 Å². The summed E-state index contributed by atoms with van der Waals surface area (Å²) in [5.74, 6) is 5.74. The molecular weight excluding hydrogens is 192 g/mol. The monoisotopic (exact) mass is 208 g/mol. The summed E-state index contributed by atoms with van der Waals surface area (Å²) >= 11 is 0. The number of nitrogens with two attached hydrogens (primary N) is 1. The van der Waals surface area contributed by atoms with Crippen LogP contribution in [0.5, 0.6) is 0 Å². The molecule has 0 atom stereocenters. The minimum absolute atomic E-state index is 0.0522. The highest BCUT2D eigenvalue weighted by molar-refractivity contribution is 5.94. The number of carbonyl (C=O) groups is 1. The van der Waals surface area contributed by atoms with Crippen molar-refractivity contribution in [2.24, 2.45) is 5.84 Å². The lowest BCUT2D eigenvalue weighted by molar-refractivity contribution is 0.0827. The van der Waals surface area contributed by atoms with Gasteiger partial charge in [-0.1, -0.05) is 6.92 Å². The minimum atomic E-state index is -0.0522. The molecule has 5 nitrogen and oxygen atoms in total. The van der Waals surface area contributed by atoms with E-state index in [4.69, 9.17) is 5.84 Å². The van der Waals surface area contributed by atoms with E-state index >= 15 is 0 Å². The van der Waals surface area contributed by atoms with Gasteiger partial charge >= 0.3 is 0 Å². The van der Waals surface area contributed by atoms with Crippen LogP contribution in [0.25, 0.3) is 0 Å². The number of nitrogens with zero attached hydrogens (tertiary/aromatic N) is 2. The van der Waals surface area contributed by atoms with Crippen LogP contribution >= 0.6 is 0 Å². The molecule has 0 bridgehead atoms. The van der Waals surface area contributed by atoms with E-state index in [9.17, 15) is 4.79 Å². The molecule has 15 heavy (non-hydrogen) atoms. The molecule has 0 aliphatic rings. The van der Waals surface area contributed by atoms with Crippen molar-refractivity contribution in [1.82, 2.24) is 9.88 Å². The molecule has 0 saturated heterocycles. The molecule has 1 aromatic heterocycles. The van der Waals surface area contributed by atoms with Gasteiger partial charge in [-0.15, -0.1) is 0 Å². The summed E-state index contributed by atoms with van der Waals surface area (Å²) in [6.45, 7) is 1.98. The summed E-state index contributed by atoms with van der Waals surface area (Å²) in [5.41, 5.74) is 3.89. The smallest absolute Gasteiger partial charge is 0.253 e. The summed E-state index contributed by atoms with van der Waals surface area (Å²) in [5, 5.41) is 0. The average molecular weight is 208 g/mol. The standard InChI is InChI=1S/C10H16N4O/c1-4-8-5-7(10(15)14(2)3)6-9(12-8)13-11/h5-6H,4,11H2,1-3H3,(H,12,13). The third-order valence-electron chi connectivity index (χ3n) is 2.04. The molecule has 0 aliphatic heterocycles. The maximum atomic E-state index is 11.7. The van der Waals surface area contributed by atoms with Crippen molar-refractivity contribution >= 4 is 11.7 Å². The Balaban J connectivity index is 3.12. The molecule has 0 aliphatic carbocycles. The fraction of sp³-hybridized carbons (Fsp3) is 0.400. The molecule has 1 amide bonds.